The van der Waals surface area contributed by atoms with Crippen molar-refractivity contribution >= 4 is 0 Å². The average Bonchev–Trinajstić information content (AvgIpc) is 2.46. The molecule has 0 aliphatic carbocycles. The molecule has 2 aromatic rings. The second-order valence-electron chi connectivity index (χ2n) is 3.64. The summed E-state index contributed by atoms with van der Waals surface area (Å²) in [4.78, 5) is 0. The van der Waals surface area contributed by atoms with Crippen LogP contribution in [0.5, 0.6) is 5.75 Å². The van der Waals surface area contributed by atoms with Crippen LogP contribution in [0.2, 0.25) is 0 Å². The number of phenolic OH excluding ortho intramolecular Hbond substituents is 1. The molecule has 104 valence electrons. The van der Waals surface area contributed by atoms with Crippen LogP contribution in [0.3, 0.4) is 0 Å². The third kappa shape index (κ3) is 7.21. The van der Waals surface area contributed by atoms with E-state index >= 15 is 0 Å². The zero-order chi connectivity index (χ0) is 14.7. The fourth-order valence-electron chi connectivity index (χ4n) is 1.18. The van der Waals surface area contributed by atoms with Gasteiger partial charge in [0.05, 0.1) is 0 Å². The van der Waals surface area contributed by atoms with Gasteiger partial charge in [0.15, 0.2) is 11.6 Å². The summed E-state index contributed by atoms with van der Waals surface area (Å²) in [6, 6.07) is 13.8. The molecule has 0 bridgehead atoms. The Labute approximate surface area is 114 Å². The molecule has 0 aromatic heterocycles. The summed E-state index contributed by atoms with van der Waals surface area (Å²) in [5, 5.41) is 8.54. The second kappa shape index (κ2) is 10.1. The minimum Gasteiger partial charge on any atom is -0.505 e. The maximum Gasteiger partial charge on any atom is 0.164 e. The summed E-state index contributed by atoms with van der Waals surface area (Å²) < 4.78 is 12.1. The lowest BCUT2D eigenvalue weighted by molar-refractivity contribution is 0.432. The summed E-state index contributed by atoms with van der Waals surface area (Å²) >= 11 is 0. The highest BCUT2D eigenvalue weighted by Gasteiger charge is 1.92. The Hall–Kier alpha value is -1.87. The maximum atomic E-state index is 12.1. The van der Waals surface area contributed by atoms with Crippen LogP contribution in [0.15, 0.2) is 48.5 Å². The zero-order valence-corrected chi connectivity index (χ0v) is 11.7. The lowest BCUT2D eigenvalue weighted by atomic mass is 10.2. The Morgan fingerprint density at radius 1 is 1.00 bits per heavy atom. The first-order valence-electron chi connectivity index (χ1n) is 6.32. The molecule has 0 saturated carbocycles. The lowest BCUT2D eigenvalue weighted by Crippen LogP contribution is -1.94. The smallest absolute Gasteiger partial charge is 0.164 e. The van der Waals surface area contributed by atoms with E-state index in [0.717, 1.165) is 0 Å². The second-order valence-corrected chi connectivity index (χ2v) is 3.64. The van der Waals surface area contributed by atoms with E-state index in [9.17, 15) is 4.39 Å². The summed E-state index contributed by atoms with van der Waals surface area (Å²) in [6.07, 6.45) is 0. The highest BCUT2D eigenvalue weighted by Crippen LogP contribution is 2.11. The van der Waals surface area contributed by atoms with E-state index < -0.39 is 5.82 Å². The van der Waals surface area contributed by atoms with Crippen molar-refractivity contribution in [2.45, 2.75) is 27.3 Å². The van der Waals surface area contributed by atoms with E-state index in [4.69, 9.17) is 10.8 Å². The molecule has 2 aromatic carbocycles. The van der Waals surface area contributed by atoms with Crippen LogP contribution in [0.1, 0.15) is 25.0 Å². The molecule has 0 spiro atoms. The Balaban J connectivity index is 0.000000303. The first-order valence-corrected chi connectivity index (χ1v) is 6.32. The number of rotatable bonds is 1. The number of halogens is 1. The van der Waals surface area contributed by atoms with Crippen molar-refractivity contribution in [3.8, 4) is 5.75 Å². The molecule has 0 atom stereocenters. The van der Waals surface area contributed by atoms with Crippen LogP contribution in [0.25, 0.3) is 0 Å². The number of nitrogens with two attached hydrogens (primary N) is 1. The van der Waals surface area contributed by atoms with Gasteiger partial charge in [0.25, 0.3) is 0 Å². The number of benzene rings is 2. The Kier molecular flexibility index (Phi) is 9.10. The Morgan fingerprint density at radius 3 is 1.89 bits per heavy atom. The number of para-hydroxylation sites is 1. The first kappa shape index (κ1) is 17.1. The largest absolute Gasteiger partial charge is 0.505 e. The molecule has 19 heavy (non-hydrogen) atoms. The lowest BCUT2D eigenvalue weighted by Gasteiger charge is -1.94. The topological polar surface area (TPSA) is 46.2 Å². The van der Waals surface area contributed by atoms with Gasteiger partial charge in [-0.1, -0.05) is 55.8 Å². The SMILES string of the molecule is CC.Cc1ccc(CN)cc1.Oc1ccccc1F. The molecule has 0 fully saturated rings. The van der Waals surface area contributed by atoms with Crippen LogP contribution >= 0.6 is 0 Å². The third-order valence-corrected chi connectivity index (χ3v) is 2.21. The van der Waals surface area contributed by atoms with E-state index in [-0.39, 0.29) is 5.75 Å². The van der Waals surface area contributed by atoms with Crippen LogP contribution in [-0.2, 0) is 6.54 Å². The zero-order valence-electron chi connectivity index (χ0n) is 11.7. The summed E-state index contributed by atoms with van der Waals surface area (Å²) in [7, 11) is 0. The van der Waals surface area contributed by atoms with Crippen molar-refractivity contribution in [2.24, 2.45) is 5.73 Å². The van der Waals surface area contributed by atoms with Gasteiger partial charge in [-0.15, -0.1) is 0 Å². The Morgan fingerprint density at radius 2 is 1.53 bits per heavy atom. The quantitative estimate of drug-likeness (QED) is 0.816. The summed E-state index contributed by atoms with van der Waals surface area (Å²) in [5.74, 6) is -0.875. The summed E-state index contributed by atoms with van der Waals surface area (Å²) in [5.41, 5.74) is 7.88. The van der Waals surface area contributed by atoms with Crippen LogP contribution in [-0.4, -0.2) is 5.11 Å². The predicted molar refractivity (Wildman–Crippen MR) is 78.5 cm³/mol. The Bertz CT molecular complexity index is 434. The molecule has 0 amide bonds. The molecule has 3 heteroatoms. The van der Waals surface area contributed by atoms with Gasteiger partial charge in [-0.05, 0) is 24.6 Å². The van der Waals surface area contributed by atoms with Crippen molar-refractivity contribution in [2.75, 3.05) is 0 Å². The molecular weight excluding hydrogens is 241 g/mol. The molecular formula is C16H22FNO. The number of aromatic hydroxyl groups is 1. The molecule has 0 aliphatic heterocycles. The predicted octanol–water partition coefficient (Wildman–Crippen LogP) is 4.01. The fourth-order valence-corrected chi connectivity index (χ4v) is 1.18. The van der Waals surface area contributed by atoms with Crippen molar-refractivity contribution in [1.82, 2.24) is 0 Å². The van der Waals surface area contributed by atoms with Gasteiger partial charge in [-0.25, -0.2) is 4.39 Å². The number of hydrogen-bond donors (Lipinski definition) is 2. The van der Waals surface area contributed by atoms with Crippen molar-refractivity contribution < 1.29 is 9.50 Å². The molecule has 0 aliphatic rings. The number of hydrogen-bond acceptors (Lipinski definition) is 2. The van der Waals surface area contributed by atoms with Crippen LogP contribution in [0.4, 0.5) is 4.39 Å². The first-order chi connectivity index (χ1) is 9.13. The van der Waals surface area contributed by atoms with Gasteiger partial charge in [-0.2, -0.15) is 0 Å². The van der Waals surface area contributed by atoms with E-state index in [2.05, 4.69) is 31.2 Å². The monoisotopic (exact) mass is 263 g/mol. The molecule has 0 radical (unpaired) electrons. The van der Waals surface area contributed by atoms with Gasteiger partial charge in [0.2, 0.25) is 0 Å². The normalized spacial score (nSPS) is 8.68. The van der Waals surface area contributed by atoms with Gasteiger partial charge < -0.3 is 10.8 Å². The van der Waals surface area contributed by atoms with Gasteiger partial charge in [0.1, 0.15) is 0 Å². The number of phenols is 1. The minimum absolute atomic E-state index is 0.299. The van der Waals surface area contributed by atoms with E-state index in [1.165, 1.54) is 29.3 Å². The van der Waals surface area contributed by atoms with Crippen molar-refractivity contribution in [1.29, 1.82) is 0 Å². The molecule has 2 nitrogen and oxygen atoms in total. The van der Waals surface area contributed by atoms with E-state index in [0.29, 0.717) is 6.54 Å². The standard InChI is InChI=1S/C8H11N.C6H5FO.C2H6/c1-7-2-4-8(6-9)5-3-7;7-5-3-1-2-4-6(5)8;1-2/h2-5H,6,9H2,1H3;1-4,8H;1-2H3. The highest BCUT2D eigenvalue weighted by molar-refractivity contribution is 5.21. The van der Waals surface area contributed by atoms with Crippen LogP contribution in [0, 0.1) is 12.7 Å². The molecule has 0 unspecified atom stereocenters. The van der Waals surface area contributed by atoms with Gasteiger partial charge >= 0.3 is 0 Å². The van der Waals surface area contributed by atoms with Gasteiger partial charge in [0, 0.05) is 6.54 Å². The van der Waals surface area contributed by atoms with E-state index in [1.54, 1.807) is 6.07 Å². The van der Waals surface area contributed by atoms with Crippen LogP contribution < -0.4 is 5.73 Å². The molecule has 0 heterocycles. The molecule has 2 rings (SSSR count). The maximum absolute atomic E-state index is 12.1. The van der Waals surface area contributed by atoms with E-state index in [1.807, 2.05) is 13.8 Å². The highest BCUT2D eigenvalue weighted by atomic mass is 19.1. The summed E-state index contributed by atoms with van der Waals surface area (Å²) in [6.45, 7) is 6.71. The third-order valence-electron chi connectivity index (χ3n) is 2.21. The van der Waals surface area contributed by atoms with Crippen molar-refractivity contribution in [3.63, 3.8) is 0 Å². The fraction of sp³-hybridized carbons (Fsp3) is 0.250. The van der Waals surface area contributed by atoms with Crippen molar-refractivity contribution in [3.05, 3.63) is 65.5 Å². The average molecular weight is 263 g/mol. The van der Waals surface area contributed by atoms with Gasteiger partial charge in [-0.3, -0.25) is 0 Å². The molecule has 3 N–H and O–H groups in total. The molecule has 0 saturated heterocycles. The minimum atomic E-state index is -0.576. The number of aryl methyl sites for hydroxylation is 1.